The Morgan fingerprint density at radius 1 is 1.14 bits per heavy atom. The highest BCUT2D eigenvalue weighted by Gasteiger charge is 2.23. The number of aromatic nitrogens is 1. The Bertz CT molecular complexity index is 738. The molecule has 0 amide bonds. The van der Waals surface area contributed by atoms with Gasteiger partial charge in [0, 0.05) is 11.3 Å². The number of amidine groups is 1. The monoisotopic (exact) mass is 281 g/mol. The molecule has 1 aromatic carbocycles. The summed E-state index contributed by atoms with van der Waals surface area (Å²) in [5, 5.41) is 8.33. The minimum atomic E-state index is 0.603. The van der Waals surface area contributed by atoms with Crippen LogP contribution >= 0.6 is 0 Å². The Kier molecular flexibility index (Phi) is 3.25. The molecular formula is C16H19N5. The van der Waals surface area contributed by atoms with Crippen LogP contribution in [0.15, 0.2) is 40.5 Å². The first-order valence-electron chi connectivity index (χ1n) is 6.96. The summed E-state index contributed by atoms with van der Waals surface area (Å²) < 4.78 is 2.22. The second-order valence-electron chi connectivity index (χ2n) is 5.28. The molecule has 21 heavy (non-hydrogen) atoms. The zero-order valence-corrected chi connectivity index (χ0v) is 12.5. The van der Waals surface area contributed by atoms with Crippen molar-refractivity contribution in [2.75, 3.05) is 0 Å². The molecule has 5 heteroatoms. The van der Waals surface area contributed by atoms with Crippen molar-refractivity contribution in [3.63, 3.8) is 0 Å². The van der Waals surface area contributed by atoms with E-state index in [0.717, 1.165) is 17.0 Å². The topological polar surface area (TPSA) is 67.7 Å². The van der Waals surface area contributed by atoms with Gasteiger partial charge >= 0.3 is 0 Å². The minimum Gasteiger partial charge on any atom is -0.335 e. The van der Waals surface area contributed by atoms with Crippen molar-refractivity contribution in [1.82, 2.24) is 9.99 Å². The number of rotatable bonds is 1. The molecule has 0 saturated carbocycles. The molecule has 0 spiro atoms. The maximum atomic E-state index is 5.45. The van der Waals surface area contributed by atoms with E-state index in [2.05, 4.69) is 53.1 Å². The van der Waals surface area contributed by atoms with Crippen LogP contribution in [0, 0.1) is 20.8 Å². The van der Waals surface area contributed by atoms with Crippen molar-refractivity contribution < 1.29 is 0 Å². The second-order valence-corrected chi connectivity index (χ2v) is 5.28. The predicted molar refractivity (Wildman–Crippen MR) is 85.5 cm³/mol. The molecule has 1 aliphatic rings. The third-order valence-electron chi connectivity index (χ3n) is 4.17. The van der Waals surface area contributed by atoms with Gasteiger partial charge in [0.1, 0.15) is 5.71 Å². The lowest BCUT2D eigenvalue weighted by molar-refractivity contribution is 0.792. The number of nitrogens with two attached hydrogens (primary N) is 1. The van der Waals surface area contributed by atoms with Gasteiger partial charge in [-0.1, -0.05) is 30.3 Å². The zero-order chi connectivity index (χ0) is 15.0. The summed E-state index contributed by atoms with van der Waals surface area (Å²) in [6, 6.07) is 10.2. The normalized spacial score (nSPS) is 16.1. The molecule has 2 aromatic rings. The third-order valence-corrected chi connectivity index (χ3v) is 4.17. The first-order chi connectivity index (χ1) is 10.1. The molecule has 3 rings (SSSR count). The van der Waals surface area contributed by atoms with Crippen LogP contribution in [-0.2, 0) is 6.54 Å². The van der Waals surface area contributed by atoms with Crippen LogP contribution in [0.25, 0.3) is 0 Å². The average molecular weight is 281 g/mol. The van der Waals surface area contributed by atoms with E-state index < -0.39 is 0 Å². The molecular weight excluding hydrogens is 262 g/mol. The van der Waals surface area contributed by atoms with Crippen molar-refractivity contribution in [3.05, 3.63) is 58.4 Å². The second kappa shape index (κ2) is 5.09. The average Bonchev–Trinajstić information content (AvgIpc) is 2.70. The van der Waals surface area contributed by atoms with Gasteiger partial charge in [0.25, 0.3) is 0 Å². The third kappa shape index (κ3) is 2.11. The van der Waals surface area contributed by atoms with Crippen LogP contribution in [-0.4, -0.2) is 16.1 Å². The molecule has 0 fully saturated rings. The predicted octanol–water partition coefficient (Wildman–Crippen LogP) is 2.04. The van der Waals surface area contributed by atoms with Crippen LogP contribution in [0.5, 0.6) is 0 Å². The standard InChI is InChI=1S/C16H19N5/c1-10-11(2)16-15(13-7-5-4-6-8-13)20-19-14(18-17)9-21(16)12(10)3/h4-8H,9,17H2,1-3H3,(H,18,19). The fourth-order valence-electron chi connectivity index (χ4n) is 2.75. The molecule has 5 nitrogen and oxygen atoms in total. The zero-order valence-electron chi connectivity index (χ0n) is 12.5. The summed E-state index contributed by atoms with van der Waals surface area (Å²) in [5.74, 6) is 6.10. The van der Waals surface area contributed by atoms with Gasteiger partial charge in [-0.15, -0.1) is 0 Å². The molecule has 2 heterocycles. The van der Waals surface area contributed by atoms with Crippen LogP contribution in [0.1, 0.15) is 28.1 Å². The molecule has 1 aromatic heterocycles. The van der Waals surface area contributed by atoms with Gasteiger partial charge in [0.05, 0.1) is 12.2 Å². The smallest absolute Gasteiger partial charge is 0.162 e. The first-order valence-corrected chi connectivity index (χ1v) is 6.96. The number of hydrazone groups is 2. The van der Waals surface area contributed by atoms with Crippen molar-refractivity contribution in [1.29, 1.82) is 0 Å². The van der Waals surface area contributed by atoms with E-state index in [-0.39, 0.29) is 0 Å². The largest absolute Gasteiger partial charge is 0.335 e. The van der Waals surface area contributed by atoms with Crippen LogP contribution in [0.4, 0.5) is 0 Å². The Labute approximate surface area is 124 Å². The first kappa shape index (κ1) is 13.4. The van der Waals surface area contributed by atoms with E-state index in [4.69, 9.17) is 5.84 Å². The fourth-order valence-corrected chi connectivity index (χ4v) is 2.75. The Hall–Kier alpha value is -2.56. The van der Waals surface area contributed by atoms with Gasteiger partial charge in [-0.2, -0.15) is 10.2 Å². The molecule has 0 unspecified atom stereocenters. The Balaban J connectivity index is 2.27. The lowest BCUT2D eigenvalue weighted by Crippen LogP contribution is -2.23. The molecule has 108 valence electrons. The van der Waals surface area contributed by atoms with Crippen LogP contribution in [0.3, 0.4) is 0 Å². The highest BCUT2D eigenvalue weighted by atomic mass is 15.4. The number of benzene rings is 1. The molecule has 0 radical (unpaired) electrons. The van der Waals surface area contributed by atoms with Crippen molar-refractivity contribution in [2.24, 2.45) is 16.0 Å². The molecule has 1 aliphatic heterocycles. The van der Waals surface area contributed by atoms with Gasteiger partial charge < -0.3 is 10.4 Å². The lowest BCUT2D eigenvalue weighted by Gasteiger charge is -2.10. The van der Waals surface area contributed by atoms with E-state index in [0.29, 0.717) is 12.4 Å². The number of hydrogen-bond acceptors (Lipinski definition) is 3. The summed E-state index contributed by atoms with van der Waals surface area (Å²) in [4.78, 5) is 0. The quantitative estimate of drug-likeness (QED) is 0.620. The summed E-state index contributed by atoms with van der Waals surface area (Å²) in [5.41, 5.74) is 9.85. The van der Waals surface area contributed by atoms with Gasteiger partial charge in [0.15, 0.2) is 5.84 Å². The highest BCUT2D eigenvalue weighted by Crippen LogP contribution is 2.25. The SMILES string of the molecule is Cc1c(C)c2n(c1C)C/C(=N/N)NN=C2c1ccccc1. The van der Waals surface area contributed by atoms with E-state index in [1.54, 1.807) is 0 Å². The maximum absolute atomic E-state index is 5.45. The number of nitrogens with one attached hydrogen (secondary N) is 1. The van der Waals surface area contributed by atoms with Gasteiger partial charge in [-0.3, -0.25) is 5.43 Å². The van der Waals surface area contributed by atoms with E-state index in [1.807, 2.05) is 18.2 Å². The molecule has 3 N–H and O–H groups in total. The van der Waals surface area contributed by atoms with Crippen molar-refractivity contribution in [2.45, 2.75) is 27.3 Å². The van der Waals surface area contributed by atoms with Gasteiger partial charge in [-0.25, -0.2) is 0 Å². The number of nitrogens with zero attached hydrogens (tertiary/aromatic N) is 3. The van der Waals surface area contributed by atoms with E-state index in [9.17, 15) is 0 Å². The van der Waals surface area contributed by atoms with Gasteiger partial charge in [-0.05, 0) is 31.9 Å². The summed E-state index contributed by atoms with van der Waals surface area (Å²) in [7, 11) is 0. The number of fused-ring (bicyclic) bond motifs is 1. The molecule has 0 bridgehead atoms. The summed E-state index contributed by atoms with van der Waals surface area (Å²) in [6.45, 7) is 7.00. The highest BCUT2D eigenvalue weighted by molar-refractivity contribution is 6.14. The fraction of sp³-hybridized carbons (Fsp3) is 0.250. The van der Waals surface area contributed by atoms with Crippen LogP contribution in [0.2, 0.25) is 0 Å². The Morgan fingerprint density at radius 2 is 1.86 bits per heavy atom. The van der Waals surface area contributed by atoms with E-state index >= 15 is 0 Å². The molecule has 0 atom stereocenters. The van der Waals surface area contributed by atoms with Crippen molar-refractivity contribution >= 4 is 11.5 Å². The van der Waals surface area contributed by atoms with Crippen LogP contribution < -0.4 is 11.3 Å². The Morgan fingerprint density at radius 3 is 2.52 bits per heavy atom. The molecule has 0 saturated heterocycles. The molecule has 0 aliphatic carbocycles. The lowest BCUT2D eigenvalue weighted by atomic mass is 10.0. The minimum absolute atomic E-state index is 0.603. The number of hydrogen-bond donors (Lipinski definition) is 2. The van der Waals surface area contributed by atoms with E-state index in [1.165, 1.54) is 16.8 Å². The van der Waals surface area contributed by atoms with Gasteiger partial charge in [0.2, 0.25) is 0 Å². The maximum Gasteiger partial charge on any atom is 0.162 e. The summed E-state index contributed by atoms with van der Waals surface area (Å²) in [6.07, 6.45) is 0. The van der Waals surface area contributed by atoms with Crippen molar-refractivity contribution in [3.8, 4) is 0 Å². The summed E-state index contributed by atoms with van der Waals surface area (Å²) >= 11 is 0.